The Bertz CT molecular complexity index is 2470. The van der Waals surface area contributed by atoms with Crippen molar-refractivity contribution < 1.29 is 0 Å². The number of dihydropyridines is 1. The zero-order valence-electron chi connectivity index (χ0n) is 26.3. The summed E-state index contributed by atoms with van der Waals surface area (Å²) in [6.07, 6.45) is 11.5. The first-order valence-corrected chi connectivity index (χ1v) is 16.5. The molecule has 1 unspecified atom stereocenters. The van der Waals surface area contributed by atoms with Crippen molar-refractivity contribution in [3.8, 4) is 45.0 Å². The zero-order chi connectivity index (χ0) is 31.9. The predicted molar refractivity (Wildman–Crippen MR) is 201 cm³/mol. The van der Waals surface area contributed by atoms with Crippen molar-refractivity contribution in [2.24, 2.45) is 10.9 Å². The van der Waals surface area contributed by atoms with Gasteiger partial charge in [-0.2, -0.15) is 0 Å². The molecular formula is C45H31N3. The minimum absolute atomic E-state index is 0.316. The van der Waals surface area contributed by atoms with Crippen LogP contribution in [0.3, 0.4) is 0 Å². The summed E-state index contributed by atoms with van der Waals surface area (Å²) < 4.78 is 0. The molecule has 1 atom stereocenters. The molecule has 3 nitrogen and oxygen atoms in total. The molecule has 0 radical (unpaired) electrons. The molecule has 0 amide bonds. The monoisotopic (exact) mass is 613 g/mol. The molecular weight excluding hydrogens is 583 g/mol. The van der Waals surface area contributed by atoms with Gasteiger partial charge in [-0.25, -0.2) is 9.97 Å². The van der Waals surface area contributed by atoms with Gasteiger partial charge in [0, 0.05) is 34.5 Å². The molecule has 1 aromatic heterocycles. The van der Waals surface area contributed by atoms with Gasteiger partial charge in [0.25, 0.3) is 0 Å². The number of fused-ring (bicyclic) bond motifs is 4. The number of allylic oxidation sites excluding steroid dienone is 5. The first kappa shape index (κ1) is 28.1. The van der Waals surface area contributed by atoms with Crippen LogP contribution in [0.2, 0.25) is 0 Å². The van der Waals surface area contributed by atoms with Gasteiger partial charge in [0.2, 0.25) is 0 Å². The lowest BCUT2D eigenvalue weighted by atomic mass is 9.86. The first-order valence-electron chi connectivity index (χ1n) is 16.5. The quantitative estimate of drug-likeness (QED) is 0.181. The molecule has 0 spiro atoms. The van der Waals surface area contributed by atoms with Crippen LogP contribution in [0.25, 0.3) is 72.1 Å². The average Bonchev–Trinajstić information content (AvgIpc) is 3.17. The first-order chi connectivity index (χ1) is 23.8. The number of benzene rings is 6. The van der Waals surface area contributed by atoms with E-state index < -0.39 is 0 Å². The lowest BCUT2D eigenvalue weighted by Crippen LogP contribution is -2.07. The molecule has 7 aromatic rings. The van der Waals surface area contributed by atoms with Gasteiger partial charge in [0.1, 0.15) is 0 Å². The van der Waals surface area contributed by atoms with Gasteiger partial charge in [-0.1, -0.05) is 133 Å². The number of aromatic nitrogens is 2. The van der Waals surface area contributed by atoms with Gasteiger partial charge in [-0.15, -0.1) is 0 Å². The second-order valence-corrected chi connectivity index (χ2v) is 12.4. The second-order valence-electron chi connectivity index (χ2n) is 12.4. The molecule has 0 bridgehead atoms. The van der Waals surface area contributed by atoms with E-state index in [1.807, 2.05) is 18.4 Å². The fraction of sp³-hybridized carbons (Fsp3) is 0.0444. The largest absolute Gasteiger partial charge is 0.261 e. The van der Waals surface area contributed by atoms with Crippen molar-refractivity contribution in [3.05, 3.63) is 175 Å². The Balaban J connectivity index is 1.20. The Labute approximate surface area is 280 Å². The van der Waals surface area contributed by atoms with Gasteiger partial charge < -0.3 is 0 Å². The van der Waals surface area contributed by atoms with Crippen LogP contribution in [0.15, 0.2) is 175 Å². The molecule has 2 heterocycles. The molecule has 2 aliphatic rings. The average molecular weight is 614 g/mol. The van der Waals surface area contributed by atoms with E-state index in [9.17, 15) is 0 Å². The minimum atomic E-state index is 0.316. The van der Waals surface area contributed by atoms with Crippen molar-refractivity contribution in [2.45, 2.75) is 6.42 Å². The van der Waals surface area contributed by atoms with Crippen LogP contribution in [-0.4, -0.2) is 16.2 Å². The summed E-state index contributed by atoms with van der Waals surface area (Å²) in [5.74, 6) is 1.03. The summed E-state index contributed by atoms with van der Waals surface area (Å²) in [5, 5.41) is 4.75. The fourth-order valence-electron chi connectivity index (χ4n) is 7.00. The Morgan fingerprint density at radius 3 is 2.02 bits per heavy atom. The number of aliphatic imine (C=N–C) groups is 1. The van der Waals surface area contributed by atoms with Gasteiger partial charge in [0.15, 0.2) is 5.82 Å². The third-order valence-electron chi connectivity index (χ3n) is 9.48. The predicted octanol–water partition coefficient (Wildman–Crippen LogP) is 11.4. The van der Waals surface area contributed by atoms with Crippen molar-refractivity contribution >= 4 is 33.3 Å². The molecule has 3 heteroatoms. The maximum Gasteiger partial charge on any atom is 0.161 e. The molecule has 0 saturated carbocycles. The Hall–Kier alpha value is -6.19. The van der Waals surface area contributed by atoms with E-state index in [4.69, 9.17) is 9.97 Å². The summed E-state index contributed by atoms with van der Waals surface area (Å²) in [4.78, 5) is 15.1. The molecule has 48 heavy (non-hydrogen) atoms. The lowest BCUT2D eigenvalue weighted by molar-refractivity contribution is 0.762. The van der Waals surface area contributed by atoms with Crippen LogP contribution >= 0.6 is 0 Å². The topological polar surface area (TPSA) is 38.1 Å². The van der Waals surface area contributed by atoms with E-state index in [1.54, 1.807) is 0 Å². The zero-order valence-corrected chi connectivity index (χ0v) is 26.3. The van der Waals surface area contributed by atoms with Crippen LogP contribution in [-0.2, 0) is 0 Å². The third-order valence-corrected chi connectivity index (χ3v) is 9.48. The van der Waals surface area contributed by atoms with Gasteiger partial charge in [0.05, 0.1) is 11.4 Å². The van der Waals surface area contributed by atoms with E-state index in [2.05, 4.69) is 157 Å². The Kier molecular flexibility index (Phi) is 6.94. The number of hydrogen-bond acceptors (Lipinski definition) is 3. The lowest BCUT2D eigenvalue weighted by Gasteiger charge is -2.22. The highest BCUT2D eigenvalue weighted by atomic mass is 14.9. The molecule has 9 rings (SSSR count). The van der Waals surface area contributed by atoms with Crippen molar-refractivity contribution in [2.75, 3.05) is 0 Å². The Morgan fingerprint density at radius 1 is 0.500 bits per heavy atom. The van der Waals surface area contributed by atoms with Crippen LogP contribution in [0.5, 0.6) is 0 Å². The SMILES string of the molecule is C1=CC2CC(c3cccc(-c4cc(-c5ccc(-c6ccccc6)cc5)nc(-c5cc6ccccc6c6ccccc56)n4)c3)=CC=C2N=C1. The van der Waals surface area contributed by atoms with Crippen LogP contribution in [0.4, 0.5) is 0 Å². The van der Waals surface area contributed by atoms with Crippen molar-refractivity contribution in [3.63, 3.8) is 0 Å². The smallest absolute Gasteiger partial charge is 0.161 e. The van der Waals surface area contributed by atoms with Gasteiger partial charge >= 0.3 is 0 Å². The van der Waals surface area contributed by atoms with E-state index >= 15 is 0 Å². The molecule has 226 valence electrons. The normalized spacial score (nSPS) is 15.3. The maximum atomic E-state index is 5.30. The standard InChI is InChI=1S/C45H31N3/c1-2-10-30(11-3-1)31-19-21-32(22-20-31)43-29-44(37-14-8-13-33(26-37)34-23-24-42-36(27-34)15-9-25-46-42)48-45(47-43)41-28-35-12-4-5-16-38(35)39-17-6-7-18-40(39)41/h1-26,28-29,36H,27H2. The van der Waals surface area contributed by atoms with Gasteiger partial charge in [-0.3, -0.25) is 4.99 Å². The molecule has 0 saturated heterocycles. The summed E-state index contributed by atoms with van der Waals surface area (Å²) in [6.45, 7) is 0. The summed E-state index contributed by atoms with van der Waals surface area (Å²) in [6, 6.07) is 49.5. The maximum absolute atomic E-state index is 5.30. The fourth-order valence-corrected chi connectivity index (χ4v) is 7.00. The number of rotatable bonds is 5. The Morgan fingerprint density at radius 2 is 1.17 bits per heavy atom. The van der Waals surface area contributed by atoms with E-state index in [0.29, 0.717) is 5.92 Å². The third kappa shape index (κ3) is 5.16. The van der Waals surface area contributed by atoms with E-state index in [1.165, 1.54) is 38.4 Å². The highest BCUT2D eigenvalue weighted by Crippen LogP contribution is 2.38. The second kappa shape index (κ2) is 11.9. The molecule has 6 aromatic carbocycles. The highest BCUT2D eigenvalue weighted by molar-refractivity contribution is 6.13. The van der Waals surface area contributed by atoms with E-state index in [0.717, 1.165) is 51.4 Å². The van der Waals surface area contributed by atoms with Crippen LogP contribution < -0.4 is 0 Å². The van der Waals surface area contributed by atoms with Crippen molar-refractivity contribution in [1.29, 1.82) is 0 Å². The molecule has 1 aliphatic heterocycles. The molecule has 0 fully saturated rings. The minimum Gasteiger partial charge on any atom is -0.261 e. The summed E-state index contributed by atoms with van der Waals surface area (Å²) in [5.41, 5.74) is 11.0. The molecule has 1 aliphatic carbocycles. The highest BCUT2D eigenvalue weighted by Gasteiger charge is 2.20. The number of nitrogens with zero attached hydrogens (tertiary/aromatic N) is 3. The van der Waals surface area contributed by atoms with Crippen molar-refractivity contribution in [1.82, 2.24) is 9.97 Å². The summed E-state index contributed by atoms with van der Waals surface area (Å²) in [7, 11) is 0. The van der Waals surface area contributed by atoms with Crippen LogP contribution in [0, 0.1) is 5.92 Å². The molecule has 0 N–H and O–H groups in total. The van der Waals surface area contributed by atoms with Gasteiger partial charge in [-0.05, 0) is 80.6 Å². The van der Waals surface area contributed by atoms with E-state index in [-0.39, 0.29) is 0 Å². The van der Waals surface area contributed by atoms with Crippen LogP contribution in [0.1, 0.15) is 12.0 Å². The number of hydrogen-bond donors (Lipinski definition) is 0. The summed E-state index contributed by atoms with van der Waals surface area (Å²) >= 11 is 0.